The van der Waals surface area contributed by atoms with Crippen molar-refractivity contribution in [3.8, 4) is 0 Å². The molecular weight excluding hydrogens is 286 g/mol. The zero-order chi connectivity index (χ0) is 15.0. The van der Waals surface area contributed by atoms with E-state index in [1.165, 1.54) is 0 Å². The van der Waals surface area contributed by atoms with Crippen LogP contribution in [0, 0.1) is 5.92 Å². The van der Waals surface area contributed by atoms with Gasteiger partial charge in [-0.25, -0.2) is 0 Å². The van der Waals surface area contributed by atoms with Gasteiger partial charge in [-0.3, -0.25) is 9.59 Å². The first-order valence-electron chi connectivity index (χ1n) is 7.29. The highest BCUT2D eigenvalue weighted by atomic mass is 32.2. The van der Waals surface area contributed by atoms with Gasteiger partial charge < -0.3 is 10.0 Å². The van der Waals surface area contributed by atoms with Crippen LogP contribution in [0.15, 0.2) is 29.2 Å². The third kappa shape index (κ3) is 2.79. The highest BCUT2D eigenvalue weighted by molar-refractivity contribution is 7.98. The van der Waals surface area contributed by atoms with E-state index in [0.717, 1.165) is 23.3 Å². The van der Waals surface area contributed by atoms with Gasteiger partial charge in [0.1, 0.15) is 0 Å². The summed E-state index contributed by atoms with van der Waals surface area (Å²) in [5.41, 5.74) is 0.945. The minimum Gasteiger partial charge on any atom is -0.481 e. The Morgan fingerprint density at radius 3 is 2.43 bits per heavy atom. The molecule has 1 amide bonds. The summed E-state index contributed by atoms with van der Waals surface area (Å²) < 4.78 is 0. The number of carboxylic acids is 1. The van der Waals surface area contributed by atoms with Crippen LogP contribution in [0.2, 0.25) is 0 Å². The molecule has 1 saturated heterocycles. The van der Waals surface area contributed by atoms with Crippen molar-refractivity contribution in [3.63, 3.8) is 0 Å². The first-order chi connectivity index (χ1) is 10.1. The van der Waals surface area contributed by atoms with Crippen LogP contribution in [0.5, 0.6) is 0 Å². The maximum absolute atomic E-state index is 12.3. The Kier molecular flexibility index (Phi) is 3.93. The van der Waals surface area contributed by atoms with Gasteiger partial charge in [0.15, 0.2) is 0 Å². The van der Waals surface area contributed by atoms with E-state index in [0.29, 0.717) is 12.8 Å². The van der Waals surface area contributed by atoms with Gasteiger partial charge in [-0.15, -0.1) is 11.8 Å². The average molecular weight is 305 g/mol. The summed E-state index contributed by atoms with van der Waals surface area (Å²) >= 11 is 1.65. The molecule has 1 saturated carbocycles. The Morgan fingerprint density at radius 2 is 1.90 bits per heavy atom. The van der Waals surface area contributed by atoms with Gasteiger partial charge in [0.25, 0.3) is 0 Å². The van der Waals surface area contributed by atoms with Gasteiger partial charge in [-0.1, -0.05) is 12.1 Å². The minimum absolute atomic E-state index is 0.106. The Morgan fingerprint density at radius 1 is 1.24 bits per heavy atom. The van der Waals surface area contributed by atoms with Crippen molar-refractivity contribution in [1.82, 2.24) is 4.90 Å². The molecular formula is C16H19NO3S. The molecule has 4 nitrogen and oxygen atoms in total. The standard InChI is InChI=1S/C16H19NO3S/c1-21-12-6-2-10(3-7-12)15-13(16(19)20)8-9-14(18)17(15)11-4-5-11/h2-3,6-7,11,13,15H,4-5,8-9H2,1H3,(H,19,20). The number of rotatable bonds is 4. The second-order valence-electron chi connectivity index (χ2n) is 5.73. The number of benzene rings is 1. The van der Waals surface area contributed by atoms with Gasteiger partial charge in [0, 0.05) is 17.4 Å². The maximum Gasteiger partial charge on any atom is 0.308 e. The summed E-state index contributed by atoms with van der Waals surface area (Å²) in [5, 5.41) is 9.53. The lowest BCUT2D eigenvalue weighted by atomic mass is 9.84. The fraction of sp³-hybridized carbons (Fsp3) is 0.500. The smallest absolute Gasteiger partial charge is 0.308 e. The number of nitrogens with zero attached hydrogens (tertiary/aromatic N) is 1. The molecule has 21 heavy (non-hydrogen) atoms. The van der Waals surface area contributed by atoms with E-state index in [1.54, 1.807) is 11.8 Å². The van der Waals surface area contributed by atoms with Crippen molar-refractivity contribution in [1.29, 1.82) is 0 Å². The summed E-state index contributed by atoms with van der Waals surface area (Å²) in [5.74, 6) is -1.19. The number of carbonyl (C=O) groups excluding carboxylic acids is 1. The van der Waals surface area contributed by atoms with E-state index in [2.05, 4.69) is 0 Å². The molecule has 1 aromatic carbocycles. The minimum atomic E-state index is -0.799. The molecule has 1 heterocycles. The first-order valence-corrected chi connectivity index (χ1v) is 8.52. The molecule has 0 radical (unpaired) electrons. The van der Waals surface area contributed by atoms with Crippen molar-refractivity contribution >= 4 is 23.6 Å². The summed E-state index contributed by atoms with van der Waals surface area (Å²) in [4.78, 5) is 26.9. The topological polar surface area (TPSA) is 57.6 Å². The van der Waals surface area contributed by atoms with Crippen molar-refractivity contribution < 1.29 is 14.7 Å². The van der Waals surface area contributed by atoms with Crippen molar-refractivity contribution in [3.05, 3.63) is 29.8 Å². The van der Waals surface area contributed by atoms with Crippen LogP contribution in [-0.4, -0.2) is 34.2 Å². The predicted octanol–water partition coefficient (Wildman–Crippen LogP) is 2.94. The molecule has 1 aliphatic carbocycles. The fourth-order valence-corrected chi connectivity index (χ4v) is 3.56. The number of piperidine rings is 1. The molecule has 0 aromatic heterocycles. The zero-order valence-electron chi connectivity index (χ0n) is 12.0. The maximum atomic E-state index is 12.3. The van der Waals surface area contributed by atoms with E-state index in [4.69, 9.17) is 0 Å². The number of carbonyl (C=O) groups is 2. The highest BCUT2D eigenvalue weighted by Crippen LogP contribution is 2.43. The van der Waals surface area contributed by atoms with Crippen LogP contribution in [0.1, 0.15) is 37.3 Å². The van der Waals surface area contributed by atoms with E-state index in [9.17, 15) is 14.7 Å². The van der Waals surface area contributed by atoms with Gasteiger partial charge in [-0.2, -0.15) is 0 Å². The van der Waals surface area contributed by atoms with Crippen LogP contribution in [0.25, 0.3) is 0 Å². The van der Waals surface area contributed by atoms with E-state index >= 15 is 0 Å². The molecule has 0 bridgehead atoms. The molecule has 1 N–H and O–H groups in total. The van der Waals surface area contributed by atoms with E-state index in [1.807, 2.05) is 35.4 Å². The Balaban J connectivity index is 1.97. The summed E-state index contributed by atoms with van der Waals surface area (Å²) in [6.07, 6.45) is 4.80. The van der Waals surface area contributed by atoms with E-state index in [-0.39, 0.29) is 18.0 Å². The molecule has 1 aliphatic heterocycles. The molecule has 2 fully saturated rings. The van der Waals surface area contributed by atoms with Crippen LogP contribution in [0.4, 0.5) is 0 Å². The normalized spacial score (nSPS) is 26.0. The third-order valence-electron chi connectivity index (χ3n) is 4.35. The molecule has 5 heteroatoms. The molecule has 0 spiro atoms. The summed E-state index contributed by atoms with van der Waals surface area (Å²) in [6.45, 7) is 0. The number of carboxylic acid groups (broad SMARTS) is 1. The largest absolute Gasteiger partial charge is 0.481 e. The Bertz CT molecular complexity index is 553. The molecule has 112 valence electrons. The number of aliphatic carboxylic acids is 1. The van der Waals surface area contributed by atoms with Crippen LogP contribution >= 0.6 is 11.8 Å². The molecule has 2 atom stereocenters. The lowest BCUT2D eigenvalue weighted by molar-refractivity contribution is -0.152. The number of amides is 1. The van der Waals surface area contributed by atoms with Gasteiger partial charge in [0.05, 0.1) is 12.0 Å². The Labute approximate surface area is 128 Å². The predicted molar refractivity (Wildman–Crippen MR) is 81.2 cm³/mol. The second-order valence-corrected chi connectivity index (χ2v) is 6.61. The average Bonchev–Trinajstić information content (AvgIpc) is 3.31. The lowest BCUT2D eigenvalue weighted by Crippen LogP contribution is -2.46. The molecule has 1 aromatic rings. The SMILES string of the molecule is CSc1ccc(C2C(C(=O)O)CCC(=O)N2C2CC2)cc1. The number of likely N-dealkylation sites (tertiary alicyclic amines) is 1. The summed E-state index contributed by atoms with van der Waals surface area (Å²) in [7, 11) is 0. The van der Waals surface area contributed by atoms with Crippen molar-refractivity contribution in [2.24, 2.45) is 5.92 Å². The van der Waals surface area contributed by atoms with E-state index < -0.39 is 11.9 Å². The number of hydrogen-bond donors (Lipinski definition) is 1. The zero-order valence-corrected chi connectivity index (χ0v) is 12.8. The third-order valence-corrected chi connectivity index (χ3v) is 5.10. The first kappa shape index (κ1) is 14.4. The van der Waals surface area contributed by atoms with Gasteiger partial charge >= 0.3 is 5.97 Å². The van der Waals surface area contributed by atoms with Crippen LogP contribution in [0.3, 0.4) is 0 Å². The molecule has 2 aliphatic rings. The quantitative estimate of drug-likeness (QED) is 0.869. The fourth-order valence-electron chi connectivity index (χ4n) is 3.15. The lowest BCUT2D eigenvalue weighted by Gasteiger charge is -2.40. The van der Waals surface area contributed by atoms with Gasteiger partial charge in [0.2, 0.25) is 5.91 Å². The van der Waals surface area contributed by atoms with Crippen LogP contribution in [-0.2, 0) is 9.59 Å². The van der Waals surface area contributed by atoms with Crippen molar-refractivity contribution in [2.45, 2.75) is 42.7 Å². The van der Waals surface area contributed by atoms with Gasteiger partial charge in [-0.05, 0) is 43.2 Å². The second kappa shape index (κ2) is 5.72. The Hall–Kier alpha value is -1.49. The number of thioether (sulfide) groups is 1. The number of hydrogen-bond acceptors (Lipinski definition) is 3. The monoisotopic (exact) mass is 305 g/mol. The summed E-state index contributed by atoms with van der Waals surface area (Å²) in [6, 6.07) is 7.88. The molecule has 3 rings (SSSR count). The highest BCUT2D eigenvalue weighted by Gasteiger charge is 2.46. The van der Waals surface area contributed by atoms with Crippen molar-refractivity contribution in [2.75, 3.05) is 6.26 Å². The molecule has 2 unspecified atom stereocenters. The van der Waals surface area contributed by atoms with Crippen LogP contribution < -0.4 is 0 Å².